The molecule has 0 saturated carbocycles. The Labute approximate surface area is 151 Å². The number of nitriles is 1. The Kier molecular flexibility index (Phi) is 4.28. The van der Waals surface area contributed by atoms with Crippen LogP contribution in [0.25, 0.3) is 11.3 Å². The summed E-state index contributed by atoms with van der Waals surface area (Å²) in [4.78, 5) is 8.47. The summed E-state index contributed by atoms with van der Waals surface area (Å²) in [5, 5.41) is 9.02. The second-order valence-electron chi connectivity index (χ2n) is 6.58. The highest BCUT2D eigenvalue weighted by atomic mass is 32.2. The highest BCUT2D eigenvalue weighted by Gasteiger charge is 2.44. The molecule has 26 heavy (non-hydrogen) atoms. The zero-order chi connectivity index (χ0) is 19.1. The van der Waals surface area contributed by atoms with Gasteiger partial charge < -0.3 is 5.73 Å². The molecule has 2 aromatic rings. The number of halogens is 1. The predicted octanol–water partition coefficient (Wildman–Crippen LogP) is 2.36. The van der Waals surface area contributed by atoms with E-state index in [0.717, 1.165) is 0 Å². The Morgan fingerprint density at radius 1 is 1.31 bits per heavy atom. The summed E-state index contributed by atoms with van der Waals surface area (Å²) in [5.41, 5.74) is 7.26. The third-order valence-corrected chi connectivity index (χ3v) is 7.06. The van der Waals surface area contributed by atoms with Gasteiger partial charge in [0.1, 0.15) is 28.1 Å². The van der Waals surface area contributed by atoms with E-state index >= 15 is 0 Å². The Hall–Kier alpha value is -2.79. The van der Waals surface area contributed by atoms with E-state index in [1.165, 1.54) is 26.0 Å². The molecule has 1 aliphatic heterocycles. The van der Waals surface area contributed by atoms with Crippen LogP contribution in [0.3, 0.4) is 0 Å². The van der Waals surface area contributed by atoms with Crippen molar-refractivity contribution in [2.75, 3.05) is 5.75 Å². The van der Waals surface area contributed by atoms with E-state index < -0.39 is 26.4 Å². The zero-order valence-electron chi connectivity index (χ0n) is 14.3. The van der Waals surface area contributed by atoms with Gasteiger partial charge in [0.05, 0.1) is 23.1 Å². The highest BCUT2D eigenvalue weighted by molar-refractivity contribution is 7.93. The van der Waals surface area contributed by atoms with Crippen molar-refractivity contribution in [2.24, 2.45) is 10.7 Å². The molecule has 1 atom stereocenters. The van der Waals surface area contributed by atoms with E-state index in [-0.39, 0.29) is 17.3 Å². The van der Waals surface area contributed by atoms with Crippen molar-refractivity contribution in [3.8, 4) is 17.3 Å². The molecule has 0 spiro atoms. The van der Waals surface area contributed by atoms with Crippen molar-refractivity contribution < 1.29 is 12.8 Å². The molecule has 1 aromatic heterocycles. The summed E-state index contributed by atoms with van der Waals surface area (Å²) in [7, 11) is -3.62. The second-order valence-corrected chi connectivity index (χ2v) is 9.16. The van der Waals surface area contributed by atoms with Crippen molar-refractivity contribution in [1.29, 1.82) is 5.26 Å². The van der Waals surface area contributed by atoms with Gasteiger partial charge in [-0.05, 0) is 38.1 Å². The van der Waals surface area contributed by atoms with E-state index in [9.17, 15) is 12.8 Å². The van der Waals surface area contributed by atoms with Gasteiger partial charge in [-0.25, -0.2) is 17.8 Å². The molecule has 6 nitrogen and oxygen atoms in total. The van der Waals surface area contributed by atoms with Crippen LogP contribution in [-0.4, -0.2) is 29.7 Å². The van der Waals surface area contributed by atoms with Crippen LogP contribution < -0.4 is 5.73 Å². The molecule has 0 fully saturated rings. The second kappa shape index (κ2) is 6.18. The molecule has 0 bridgehead atoms. The van der Waals surface area contributed by atoms with Crippen molar-refractivity contribution in [1.82, 2.24) is 4.98 Å². The maximum Gasteiger partial charge on any atom is 0.165 e. The van der Waals surface area contributed by atoms with Gasteiger partial charge in [0.25, 0.3) is 0 Å². The van der Waals surface area contributed by atoms with Crippen molar-refractivity contribution in [3.05, 3.63) is 53.5 Å². The van der Waals surface area contributed by atoms with Crippen LogP contribution in [0, 0.1) is 17.1 Å². The van der Waals surface area contributed by atoms with E-state index in [0.29, 0.717) is 16.8 Å². The molecule has 8 heteroatoms. The standard InChI is InChI=1S/C18H17FN4O2S/c1-18(2)17(21)23-15(10-26(18,24)25)16-13(19)6-7-14(22-16)12-5-3-4-11(8-12)9-20/h3-8,15H,10H2,1-2H3,(H2,21,23)/t15-/m0/s1. The lowest BCUT2D eigenvalue weighted by Crippen LogP contribution is -2.50. The average molecular weight is 372 g/mol. The average Bonchev–Trinajstić information content (AvgIpc) is 2.60. The number of aromatic nitrogens is 1. The van der Waals surface area contributed by atoms with E-state index in [2.05, 4.69) is 9.98 Å². The Morgan fingerprint density at radius 2 is 2.04 bits per heavy atom. The summed E-state index contributed by atoms with van der Waals surface area (Å²) in [5.74, 6) is -1.08. The van der Waals surface area contributed by atoms with Gasteiger partial charge in [0.15, 0.2) is 9.84 Å². The van der Waals surface area contributed by atoms with Crippen LogP contribution in [0.1, 0.15) is 31.1 Å². The number of amidine groups is 1. The van der Waals surface area contributed by atoms with Crippen LogP contribution in [-0.2, 0) is 9.84 Å². The van der Waals surface area contributed by atoms with Crippen molar-refractivity contribution >= 4 is 15.7 Å². The lowest BCUT2D eigenvalue weighted by atomic mass is 10.1. The minimum atomic E-state index is -3.62. The predicted molar refractivity (Wildman–Crippen MR) is 96.6 cm³/mol. The van der Waals surface area contributed by atoms with Crippen LogP contribution in [0.2, 0.25) is 0 Å². The fourth-order valence-electron chi connectivity index (χ4n) is 2.68. The zero-order valence-corrected chi connectivity index (χ0v) is 15.1. The molecular formula is C18H17FN4O2S. The first kappa shape index (κ1) is 18.0. The summed E-state index contributed by atoms with van der Waals surface area (Å²) < 4.78 is 38.1. The number of nitrogens with zero attached hydrogens (tertiary/aromatic N) is 3. The number of rotatable bonds is 2. The summed E-state index contributed by atoms with van der Waals surface area (Å²) in [6.45, 7) is 2.95. The number of benzene rings is 1. The maximum absolute atomic E-state index is 14.4. The first-order chi connectivity index (χ1) is 12.2. The SMILES string of the molecule is CC1(C)C(N)=N[C@H](c2nc(-c3cccc(C#N)c3)ccc2F)CS1(=O)=O. The lowest BCUT2D eigenvalue weighted by molar-refractivity contribution is 0.545. The Morgan fingerprint density at radius 3 is 2.69 bits per heavy atom. The van der Waals surface area contributed by atoms with E-state index in [4.69, 9.17) is 11.0 Å². The molecule has 134 valence electrons. The largest absolute Gasteiger partial charge is 0.386 e. The number of hydrogen-bond acceptors (Lipinski definition) is 6. The molecule has 2 N–H and O–H groups in total. The smallest absolute Gasteiger partial charge is 0.165 e. The van der Waals surface area contributed by atoms with Gasteiger partial charge in [0, 0.05) is 5.56 Å². The van der Waals surface area contributed by atoms with Crippen LogP contribution in [0.15, 0.2) is 41.4 Å². The molecule has 2 heterocycles. The topological polar surface area (TPSA) is 109 Å². The van der Waals surface area contributed by atoms with Gasteiger partial charge in [-0.15, -0.1) is 0 Å². The van der Waals surface area contributed by atoms with Gasteiger partial charge in [0.2, 0.25) is 0 Å². The lowest BCUT2D eigenvalue weighted by Gasteiger charge is -2.31. The molecule has 0 aliphatic carbocycles. The Balaban J connectivity index is 2.10. The molecule has 3 rings (SSSR count). The fraction of sp³-hybridized carbons (Fsp3) is 0.278. The van der Waals surface area contributed by atoms with E-state index in [1.807, 2.05) is 6.07 Å². The van der Waals surface area contributed by atoms with Crippen molar-refractivity contribution in [3.63, 3.8) is 0 Å². The minimum Gasteiger partial charge on any atom is -0.386 e. The molecule has 1 aliphatic rings. The molecular weight excluding hydrogens is 355 g/mol. The first-order valence-electron chi connectivity index (χ1n) is 7.89. The molecule has 0 saturated heterocycles. The van der Waals surface area contributed by atoms with Gasteiger partial charge in [-0.3, -0.25) is 4.99 Å². The summed E-state index contributed by atoms with van der Waals surface area (Å²) in [6.07, 6.45) is 0. The van der Waals surface area contributed by atoms with Gasteiger partial charge in [-0.2, -0.15) is 5.26 Å². The third kappa shape index (κ3) is 2.95. The number of aliphatic imine (C=N–C) groups is 1. The normalized spacial score (nSPS) is 20.8. The highest BCUT2D eigenvalue weighted by Crippen LogP contribution is 2.33. The first-order valence-corrected chi connectivity index (χ1v) is 9.54. The Bertz CT molecular complexity index is 1060. The fourth-order valence-corrected chi connectivity index (χ4v) is 4.11. The maximum atomic E-state index is 14.4. The minimum absolute atomic E-state index is 0.0631. The number of sulfone groups is 1. The van der Waals surface area contributed by atoms with E-state index in [1.54, 1.807) is 24.3 Å². The van der Waals surface area contributed by atoms with Crippen LogP contribution in [0.5, 0.6) is 0 Å². The molecule has 0 amide bonds. The molecule has 0 unspecified atom stereocenters. The quantitative estimate of drug-likeness (QED) is 0.870. The van der Waals surface area contributed by atoms with Gasteiger partial charge >= 0.3 is 0 Å². The molecule has 0 radical (unpaired) electrons. The summed E-state index contributed by atoms with van der Waals surface area (Å²) in [6, 6.07) is 10.4. The van der Waals surface area contributed by atoms with Crippen LogP contribution >= 0.6 is 0 Å². The number of nitrogens with two attached hydrogens (primary N) is 1. The summed E-state index contributed by atoms with van der Waals surface area (Å²) >= 11 is 0. The monoisotopic (exact) mass is 372 g/mol. The van der Waals surface area contributed by atoms with Gasteiger partial charge in [-0.1, -0.05) is 12.1 Å². The third-order valence-electron chi connectivity index (χ3n) is 4.54. The number of hydrogen-bond donors (Lipinski definition) is 1. The van der Waals surface area contributed by atoms with Crippen molar-refractivity contribution in [2.45, 2.75) is 24.6 Å². The van der Waals surface area contributed by atoms with Crippen LogP contribution in [0.4, 0.5) is 4.39 Å². The number of pyridine rings is 1. The molecule has 1 aromatic carbocycles.